The van der Waals surface area contributed by atoms with Gasteiger partial charge in [-0.25, -0.2) is 15.0 Å². The molecule has 0 aliphatic heterocycles. The van der Waals surface area contributed by atoms with Gasteiger partial charge in [-0.05, 0) is 15.9 Å². The molecule has 90 valence electrons. The van der Waals surface area contributed by atoms with Crippen LogP contribution in [0.4, 0.5) is 0 Å². The number of halogens is 2. The minimum atomic E-state index is 0.366. The number of rotatable bonds is 3. The van der Waals surface area contributed by atoms with E-state index >= 15 is 0 Å². The Bertz CT molecular complexity index is 539. The Morgan fingerprint density at radius 3 is 2.71 bits per heavy atom. The standard InChI is InChI=1S/C10H11BrClN5/c1-3-6-15-7(4-2)17(16-6)10-8(11)9(12)13-5-14-10/h5H,3-4H2,1-2H3. The fraction of sp³-hybridized carbons (Fsp3) is 0.400. The van der Waals surface area contributed by atoms with Gasteiger partial charge in [0.1, 0.15) is 17.3 Å². The summed E-state index contributed by atoms with van der Waals surface area (Å²) in [6, 6.07) is 0. The summed E-state index contributed by atoms with van der Waals surface area (Å²) in [5, 5.41) is 4.76. The molecule has 0 bridgehead atoms. The first-order valence-electron chi connectivity index (χ1n) is 5.28. The predicted octanol–water partition coefficient (Wildman–Crippen LogP) is 2.60. The van der Waals surface area contributed by atoms with Gasteiger partial charge in [0.15, 0.2) is 11.6 Å². The molecule has 0 amide bonds. The second kappa shape index (κ2) is 5.10. The van der Waals surface area contributed by atoms with E-state index in [-0.39, 0.29) is 0 Å². The fourth-order valence-electron chi connectivity index (χ4n) is 1.43. The van der Waals surface area contributed by atoms with Crippen molar-refractivity contribution in [3.05, 3.63) is 27.6 Å². The summed E-state index contributed by atoms with van der Waals surface area (Å²) >= 11 is 9.31. The van der Waals surface area contributed by atoms with Crippen molar-refractivity contribution in [2.75, 3.05) is 0 Å². The van der Waals surface area contributed by atoms with E-state index in [0.717, 1.165) is 24.5 Å². The van der Waals surface area contributed by atoms with Gasteiger partial charge < -0.3 is 0 Å². The highest BCUT2D eigenvalue weighted by Crippen LogP contribution is 2.25. The smallest absolute Gasteiger partial charge is 0.174 e. The number of hydrogen-bond acceptors (Lipinski definition) is 4. The highest BCUT2D eigenvalue weighted by atomic mass is 79.9. The molecule has 17 heavy (non-hydrogen) atoms. The molecule has 0 unspecified atom stereocenters. The normalized spacial score (nSPS) is 10.8. The van der Waals surface area contributed by atoms with Crippen LogP contribution in [0.15, 0.2) is 10.8 Å². The lowest BCUT2D eigenvalue weighted by Gasteiger charge is -2.05. The van der Waals surface area contributed by atoms with Crippen molar-refractivity contribution in [3.8, 4) is 5.82 Å². The summed E-state index contributed by atoms with van der Waals surface area (Å²) in [6.07, 6.45) is 2.98. The summed E-state index contributed by atoms with van der Waals surface area (Å²) in [5.74, 6) is 2.27. The van der Waals surface area contributed by atoms with Gasteiger partial charge in [0, 0.05) is 12.8 Å². The molecule has 0 aliphatic carbocycles. The van der Waals surface area contributed by atoms with E-state index in [9.17, 15) is 0 Å². The van der Waals surface area contributed by atoms with E-state index < -0.39 is 0 Å². The third kappa shape index (κ3) is 2.32. The molecule has 0 spiro atoms. The van der Waals surface area contributed by atoms with Gasteiger partial charge in [-0.1, -0.05) is 25.4 Å². The zero-order valence-electron chi connectivity index (χ0n) is 9.48. The molecule has 2 heterocycles. The van der Waals surface area contributed by atoms with Gasteiger partial charge in [-0.2, -0.15) is 4.68 Å². The maximum atomic E-state index is 5.94. The number of nitrogens with zero attached hydrogens (tertiary/aromatic N) is 5. The molecule has 0 fully saturated rings. The second-order valence-corrected chi connectivity index (χ2v) is 4.52. The van der Waals surface area contributed by atoms with Crippen LogP contribution in [0, 0.1) is 0 Å². The molecule has 0 N–H and O–H groups in total. The van der Waals surface area contributed by atoms with E-state index in [0.29, 0.717) is 15.4 Å². The van der Waals surface area contributed by atoms with Crippen LogP contribution in [-0.2, 0) is 12.8 Å². The Kier molecular flexibility index (Phi) is 3.73. The van der Waals surface area contributed by atoms with Crippen molar-refractivity contribution in [2.24, 2.45) is 0 Å². The summed E-state index contributed by atoms with van der Waals surface area (Å²) in [6.45, 7) is 4.04. The Morgan fingerprint density at radius 1 is 1.29 bits per heavy atom. The van der Waals surface area contributed by atoms with Crippen LogP contribution in [0.3, 0.4) is 0 Å². The molecule has 0 saturated carbocycles. The van der Waals surface area contributed by atoms with Gasteiger partial charge in [0.2, 0.25) is 0 Å². The average molecular weight is 317 g/mol. The minimum Gasteiger partial charge on any atom is -0.223 e. The first-order chi connectivity index (χ1) is 8.17. The van der Waals surface area contributed by atoms with Crippen LogP contribution in [0.1, 0.15) is 25.5 Å². The van der Waals surface area contributed by atoms with Crippen molar-refractivity contribution in [1.29, 1.82) is 0 Å². The topological polar surface area (TPSA) is 56.5 Å². The van der Waals surface area contributed by atoms with Crippen molar-refractivity contribution in [1.82, 2.24) is 24.7 Å². The Morgan fingerprint density at radius 2 is 2.06 bits per heavy atom. The van der Waals surface area contributed by atoms with Crippen LogP contribution >= 0.6 is 27.5 Å². The lowest BCUT2D eigenvalue weighted by Crippen LogP contribution is -2.06. The summed E-state index contributed by atoms with van der Waals surface area (Å²) in [7, 11) is 0. The molecule has 0 saturated heterocycles. The van der Waals surface area contributed by atoms with E-state index in [4.69, 9.17) is 11.6 Å². The number of aryl methyl sites for hydroxylation is 2. The molecule has 7 heteroatoms. The number of hydrogen-bond donors (Lipinski definition) is 0. The molecule has 2 aromatic rings. The van der Waals surface area contributed by atoms with Crippen LogP contribution in [-0.4, -0.2) is 24.7 Å². The van der Waals surface area contributed by atoms with Gasteiger partial charge in [-0.3, -0.25) is 0 Å². The van der Waals surface area contributed by atoms with Crippen LogP contribution < -0.4 is 0 Å². The molecule has 0 atom stereocenters. The van der Waals surface area contributed by atoms with Gasteiger partial charge in [-0.15, -0.1) is 5.10 Å². The van der Waals surface area contributed by atoms with Gasteiger partial charge in [0.05, 0.1) is 4.47 Å². The zero-order valence-corrected chi connectivity index (χ0v) is 11.8. The van der Waals surface area contributed by atoms with Crippen molar-refractivity contribution >= 4 is 27.5 Å². The molecular formula is C10H11BrClN5. The third-order valence-corrected chi connectivity index (χ3v) is 3.52. The van der Waals surface area contributed by atoms with E-state index in [1.165, 1.54) is 6.33 Å². The summed E-state index contributed by atoms with van der Waals surface area (Å²) in [4.78, 5) is 12.5. The van der Waals surface area contributed by atoms with Crippen molar-refractivity contribution in [2.45, 2.75) is 26.7 Å². The largest absolute Gasteiger partial charge is 0.223 e. The second-order valence-electron chi connectivity index (χ2n) is 3.37. The van der Waals surface area contributed by atoms with Gasteiger partial charge >= 0.3 is 0 Å². The Balaban J connectivity index is 2.59. The Labute approximate surface area is 112 Å². The fourth-order valence-corrected chi connectivity index (χ4v) is 1.93. The van der Waals surface area contributed by atoms with E-state index in [2.05, 4.69) is 36.0 Å². The predicted molar refractivity (Wildman–Crippen MR) is 68.4 cm³/mol. The quantitative estimate of drug-likeness (QED) is 0.817. The molecule has 0 radical (unpaired) electrons. The van der Waals surface area contributed by atoms with E-state index in [1.807, 2.05) is 13.8 Å². The summed E-state index contributed by atoms with van der Waals surface area (Å²) in [5.41, 5.74) is 0. The number of aromatic nitrogens is 5. The molecule has 2 aromatic heterocycles. The first kappa shape index (κ1) is 12.4. The molecular weight excluding hydrogens is 306 g/mol. The van der Waals surface area contributed by atoms with Crippen LogP contribution in [0.5, 0.6) is 0 Å². The maximum Gasteiger partial charge on any atom is 0.174 e. The monoisotopic (exact) mass is 315 g/mol. The van der Waals surface area contributed by atoms with Crippen LogP contribution in [0.25, 0.3) is 5.82 Å². The van der Waals surface area contributed by atoms with Gasteiger partial charge in [0.25, 0.3) is 0 Å². The molecule has 5 nitrogen and oxygen atoms in total. The average Bonchev–Trinajstić information content (AvgIpc) is 2.76. The highest BCUT2D eigenvalue weighted by Gasteiger charge is 2.15. The maximum absolute atomic E-state index is 5.94. The Hall–Kier alpha value is -1.01. The molecule has 0 aliphatic rings. The van der Waals surface area contributed by atoms with Crippen molar-refractivity contribution in [3.63, 3.8) is 0 Å². The molecule has 0 aromatic carbocycles. The van der Waals surface area contributed by atoms with Crippen molar-refractivity contribution < 1.29 is 0 Å². The zero-order chi connectivity index (χ0) is 12.4. The lowest BCUT2D eigenvalue weighted by atomic mass is 10.4. The first-order valence-corrected chi connectivity index (χ1v) is 6.45. The summed E-state index contributed by atoms with van der Waals surface area (Å²) < 4.78 is 2.33. The highest BCUT2D eigenvalue weighted by molar-refractivity contribution is 9.10. The minimum absolute atomic E-state index is 0.366. The lowest BCUT2D eigenvalue weighted by molar-refractivity contribution is 0.761. The molecule has 2 rings (SSSR count). The van der Waals surface area contributed by atoms with E-state index in [1.54, 1.807) is 4.68 Å². The SMILES string of the molecule is CCc1nc(CC)n(-c2ncnc(Cl)c2Br)n1. The third-order valence-electron chi connectivity index (χ3n) is 2.28. The van der Waals surface area contributed by atoms with Crippen LogP contribution in [0.2, 0.25) is 5.15 Å².